The Hall–Kier alpha value is -0.610. The van der Waals surface area contributed by atoms with Crippen molar-refractivity contribution in [3.05, 3.63) is 10.6 Å². The summed E-state index contributed by atoms with van der Waals surface area (Å²) in [7, 11) is 0. The van der Waals surface area contributed by atoms with Crippen molar-refractivity contribution in [2.45, 2.75) is 39.2 Å². The lowest BCUT2D eigenvalue weighted by Gasteiger charge is -2.16. The van der Waals surface area contributed by atoms with Crippen molar-refractivity contribution in [1.29, 1.82) is 0 Å². The molecule has 0 amide bonds. The quantitative estimate of drug-likeness (QED) is 0.836. The molecule has 0 unspecified atom stereocenters. The van der Waals surface area contributed by atoms with Crippen molar-refractivity contribution < 1.29 is 0 Å². The van der Waals surface area contributed by atoms with Gasteiger partial charge in [0.05, 0.1) is 5.69 Å². The molecule has 1 aliphatic rings. The maximum Gasteiger partial charge on any atom is 0.185 e. The van der Waals surface area contributed by atoms with Crippen LogP contribution in [0.5, 0.6) is 0 Å². The maximum atomic E-state index is 5.76. The van der Waals surface area contributed by atoms with Gasteiger partial charge in [0.25, 0.3) is 0 Å². The highest BCUT2D eigenvalue weighted by molar-refractivity contribution is 7.15. The van der Waals surface area contributed by atoms with Crippen LogP contribution in [0, 0.1) is 0 Å². The molecule has 0 radical (unpaired) electrons. The average molecular weight is 225 g/mol. The molecule has 0 saturated heterocycles. The summed E-state index contributed by atoms with van der Waals surface area (Å²) in [6, 6.07) is 0. The number of anilines is 1. The predicted octanol–water partition coefficient (Wildman–Crippen LogP) is 2.33. The predicted molar refractivity (Wildman–Crippen MR) is 65.5 cm³/mol. The number of rotatable bonds is 5. The average Bonchev–Trinajstić information content (AvgIpc) is 3.01. The third-order valence-corrected chi connectivity index (χ3v) is 4.05. The van der Waals surface area contributed by atoms with Crippen LogP contribution in [0.15, 0.2) is 0 Å². The molecule has 2 rings (SSSR count). The smallest absolute Gasteiger partial charge is 0.185 e. The second-order valence-electron chi connectivity index (χ2n) is 3.96. The Morgan fingerprint density at radius 2 is 2.07 bits per heavy atom. The van der Waals surface area contributed by atoms with E-state index in [1.54, 1.807) is 11.3 Å². The van der Waals surface area contributed by atoms with E-state index in [4.69, 9.17) is 10.7 Å². The molecule has 2 N–H and O–H groups in total. The summed E-state index contributed by atoms with van der Waals surface area (Å²) in [5, 5.41) is 1.15. The number of nitrogens with two attached hydrogens (primary N) is 1. The third kappa shape index (κ3) is 2.16. The molecule has 1 saturated carbocycles. The van der Waals surface area contributed by atoms with E-state index in [1.165, 1.54) is 23.4 Å². The molecule has 3 nitrogen and oxygen atoms in total. The molecule has 1 aliphatic carbocycles. The molecular weight excluding hydrogens is 206 g/mol. The van der Waals surface area contributed by atoms with Crippen molar-refractivity contribution in [2.75, 3.05) is 18.0 Å². The fourth-order valence-corrected chi connectivity index (χ4v) is 2.95. The summed E-state index contributed by atoms with van der Waals surface area (Å²) in [5.74, 6) is 0.712. The van der Waals surface area contributed by atoms with Gasteiger partial charge in [-0.25, -0.2) is 4.98 Å². The van der Waals surface area contributed by atoms with Crippen LogP contribution >= 0.6 is 11.3 Å². The van der Waals surface area contributed by atoms with Crippen LogP contribution in [-0.2, 0) is 6.54 Å². The van der Waals surface area contributed by atoms with Crippen LogP contribution in [0.3, 0.4) is 0 Å². The Morgan fingerprint density at radius 3 is 2.53 bits per heavy atom. The van der Waals surface area contributed by atoms with Crippen LogP contribution in [0.4, 0.5) is 5.13 Å². The Morgan fingerprint density at radius 1 is 1.40 bits per heavy atom. The van der Waals surface area contributed by atoms with Gasteiger partial charge in [-0.15, -0.1) is 11.3 Å². The van der Waals surface area contributed by atoms with E-state index in [0.29, 0.717) is 12.5 Å². The summed E-state index contributed by atoms with van der Waals surface area (Å²) < 4.78 is 0. The van der Waals surface area contributed by atoms with E-state index in [9.17, 15) is 0 Å². The zero-order valence-electron chi connectivity index (χ0n) is 9.49. The highest BCUT2D eigenvalue weighted by atomic mass is 32.1. The molecule has 0 atom stereocenters. The fourth-order valence-electron chi connectivity index (χ4n) is 1.80. The number of thiazole rings is 1. The first-order valence-electron chi connectivity index (χ1n) is 5.74. The topological polar surface area (TPSA) is 42.2 Å². The molecule has 84 valence electrons. The van der Waals surface area contributed by atoms with E-state index < -0.39 is 0 Å². The summed E-state index contributed by atoms with van der Waals surface area (Å²) in [5.41, 5.74) is 7.05. The Labute approximate surface area is 95.3 Å². The van der Waals surface area contributed by atoms with Crippen LogP contribution in [0.1, 0.15) is 43.2 Å². The van der Waals surface area contributed by atoms with Gasteiger partial charge in [0.15, 0.2) is 5.13 Å². The number of hydrogen-bond donors (Lipinski definition) is 1. The van der Waals surface area contributed by atoms with E-state index in [0.717, 1.165) is 18.2 Å². The van der Waals surface area contributed by atoms with Crippen LogP contribution in [0.25, 0.3) is 0 Å². The molecule has 1 fully saturated rings. The first-order valence-corrected chi connectivity index (χ1v) is 6.56. The number of nitrogens with zero attached hydrogens (tertiary/aromatic N) is 2. The molecule has 0 bridgehead atoms. The lowest BCUT2D eigenvalue weighted by atomic mass is 10.2. The maximum absolute atomic E-state index is 5.76. The van der Waals surface area contributed by atoms with Gasteiger partial charge >= 0.3 is 0 Å². The molecule has 1 aromatic heterocycles. The number of hydrogen-bond acceptors (Lipinski definition) is 4. The SMILES string of the molecule is CCN(CC)c1nc(C2CC2)c(CN)s1. The molecule has 1 heterocycles. The highest BCUT2D eigenvalue weighted by Crippen LogP contribution is 2.43. The van der Waals surface area contributed by atoms with Crippen molar-refractivity contribution in [3.8, 4) is 0 Å². The first kappa shape index (κ1) is 10.9. The zero-order valence-corrected chi connectivity index (χ0v) is 10.3. The van der Waals surface area contributed by atoms with Crippen LogP contribution in [-0.4, -0.2) is 18.1 Å². The molecule has 0 spiro atoms. The van der Waals surface area contributed by atoms with Gasteiger partial charge in [-0.2, -0.15) is 0 Å². The van der Waals surface area contributed by atoms with Crippen molar-refractivity contribution in [1.82, 2.24) is 4.98 Å². The fraction of sp³-hybridized carbons (Fsp3) is 0.727. The monoisotopic (exact) mass is 225 g/mol. The molecule has 0 aliphatic heterocycles. The summed E-state index contributed by atoms with van der Waals surface area (Å²) in [6.45, 7) is 7.04. The van der Waals surface area contributed by atoms with E-state index >= 15 is 0 Å². The normalized spacial score (nSPS) is 15.7. The Bertz CT molecular complexity index is 327. The minimum atomic E-state index is 0.644. The molecule has 4 heteroatoms. The van der Waals surface area contributed by atoms with Gasteiger partial charge in [-0.1, -0.05) is 0 Å². The zero-order chi connectivity index (χ0) is 10.8. The summed E-state index contributed by atoms with van der Waals surface area (Å²) >= 11 is 1.77. The molecular formula is C11H19N3S. The summed E-state index contributed by atoms with van der Waals surface area (Å²) in [6.07, 6.45) is 2.60. The molecule has 0 aromatic carbocycles. The number of aromatic nitrogens is 1. The largest absolute Gasteiger partial charge is 0.349 e. The Kier molecular flexibility index (Phi) is 3.26. The van der Waals surface area contributed by atoms with Gasteiger partial charge < -0.3 is 10.6 Å². The van der Waals surface area contributed by atoms with Crippen LogP contribution < -0.4 is 10.6 Å². The standard InChI is InChI=1S/C11H19N3S/c1-3-14(4-2)11-13-10(8-5-6-8)9(7-12)15-11/h8H,3-7,12H2,1-2H3. The lowest BCUT2D eigenvalue weighted by Crippen LogP contribution is -2.21. The molecule has 1 aromatic rings. The van der Waals surface area contributed by atoms with E-state index in [1.807, 2.05) is 0 Å². The van der Waals surface area contributed by atoms with E-state index in [2.05, 4.69) is 18.7 Å². The minimum Gasteiger partial charge on any atom is -0.349 e. The Balaban J connectivity index is 2.24. The second kappa shape index (κ2) is 4.49. The third-order valence-electron chi connectivity index (χ3n) is 2.90. The van der Waals surface area contributed by atoms with Crippen molar-refractivity contribution in [2.24, 2.45) is 5.73 Å². The van der Waals surface area contributed by atoms with Gasteiger partial charge in [0.2, 0.25) is 0 Å². The van der Waals surface area contributed by atoms with E-state index in [-0.39, 0.29) is 0 Å². The van der Waals surface area contributed by atoms with Gasteiger partial charge in [-0.05, 0) is 26.7 Å². The van der Waals surface area contributed by atoms with Gasteiger partial charge in [0.1, 0.15) is 0 Å². The second-order valence-corrected chi connectivity index (χ2v) is 5.02. The molecule has 15 heavy (non-hydrogen) atoms. The van der Waals surface area contributed by atoms with Gasteiger partial charge in [-0.3, -0.25) is 0 Å². The minimum absolute atomic E-state index is 0.644. The lowest BCUT2D eigenvalue weighted by molar-refractivity contribution is 0.851. The van der Waals surface area contributed by atoms with Crippen molar-refractivity contribution in [3.63, 3.8) is 0 Å². The van der Waals surface area contributed by atoms with Crippen molar-refractivity contribution >= 4 is 16.5 Å². The van der Waals surface area contributed by atoms with Crippen LogP contribution in [0.2, 0.25) is 0 Å². The first-order chi connectivity index (χ1) is 7.30. The van der Waals surface area contributed by atoms with Gasteiger partial charge in [0, 0.05) is 30.4 Å². The summed E-state index contributed by atoms with van der Waals surface area (Å²) in [4.78, 5) is 8.34. The highest BCUT2D eigenvalue weighted by Gasteiger charge is 2.29.